The molecule has 3 rings (SSSR count). The second-order valence-electron chi connectivity index (χ2n) is 6.45. The zero-order valence-corrected chi connectivity index (χ0v) is 15.5. The predicted molar refractivity (Wildman–Crippen MR) is 97.8 cm³/mol. The summed E-state index contributed by atoms with van der Waals surface area (Å²) in [4.78, 5) is 23.5. The largest absolute Gasteiger partial charge is 0.346 e. The van der Waals surface area contributed by atoms with Crippen LogP contribution in [0.2, 0.25) is 0 Å². The van der Waals surface area contributed by atoms with Gasteiger partial charge in [-0.05, 0) is 31.2 Å². The monoisotopic (exact) mass is 398 g/mol. The van der Waals surface area contributed by atoms with Gasteiger partial charge in [-0.25, -0.2) is 8.78 Å². The average molecular weight is 398 g/mol. The van der Waals surface area contributed by atoms with Gasteiger partial charge in [0.15, 0.2) is 5.78 Å². The molecule has 0 saturated heterocycles. The van der Waals surface area contributed by atoms with Crippen molar-refractivity contribution in [1.29, 1.82) is 5.26 Å². The number of hydrogen-bond acceptors (Lipinski definition) is 5. The number of hydrogen-bond donors (Lipinski definition) is 2. The smallest absolute Gasteiger partial charge is 0.269 e. The van der Waals surface area contributed by atoms with Gasteiger partial charge < -0.3 is 5.32 Å². The Bertz CT molecular complexity index is 1100. The number of aromatic nitrogens is 4. The number of benzene rings is 1. The van der Waals surface area contributed by atoms with Crippen molar-refractivity contribution >= 4 is 11.7 Å². The topological polar surface area (TPSA) is 116 Å². The van der Waals surface area contributed by atoms with E-state index in [0.717, 1.165) is 12.1 Å². The van der Waals surface area contributed by atoms with E-state index in [0.29, 0.717) is 12.2 Å². The molecule has 8 nitrogen and oxygen atoms in total. The minimum Gasteiger partial charge on any atom is -0.346 e. The fourth-order valence-electron chi connectivity index (χ4n) is 2.69. The summed E-state index contributed by atoms with van der Waals surface area (Å²) in [5.74, 6) is -2.60. The maximum absolute atomic E-state index is 13.8. The summed E-state index contributed by atoms with van der Waals surface area (Å²) in [5.41, 5.74) is 0.207. The third-order valence-corrected chi connectivity index (χ3v) is 4.11. The molecule has 1 aromatic carbocycles. The van der Waals surface area contributed by atoms with E-state index in [2.05, 4.69) is 20.6 Å². The second kappa shape index (κ2) is 8.02. The molecule has 29 heavy (non-hydrogen) atoms. The zero-order chi connectivity index (χ0) is 21.1. The number of Topliss-reactive ketones (excluding diaryl/α,β-unsaturated/α-hetero) is 1. The van der Waals surface area contributed by atoms with Crippen LogP contribution in [0.25, 0.3) is 11.3 Å². The van der Waals surface area contributed by atoms with E-state index < -0.39 is 23.1 Å². The minimum atomic E-state index is -0.956. The fraction of sp³-hybridized carbons (Fsp3) is 0.211. The molecule has 0 fully saturated rings. The summed E-state index contributed by atoms with van der Waals surface area (Å²) >= 11 is 0. The van der Waals surface area contributed by atoms with E-state index in [9.17, 15) is 18.4 Å². The number of aromatic amines is 1. The van der Waals surface area contributed by atoms with E-state index in [1.807, 2.05) is 0 Å². The summed E-state index contributed by atoms with van der Waals surface area (Å²) in [6.45, 7) is 3.39. The normalized spacial score (nSPS) is 11.7. The Kier molecular flexibility index (Phi) is 5.50. The molecule has 2 aromatic heterocycles. The summed E-state index contributed by atoms with van der Waals surface area (Å²) in [6.07, 6.45) is 1.61. The predicted octanol–water partition coefficient (Wildman–Crippen LogP) is 2.44. The highest BCUT2D eigenvalue weighted by Crippen LogP contribution is 2.22. The molecule has 1 atom stereocenters. The van der Waals surface area contributed by atoms with Crippen molar-refractivity contribution in [1.82, 2.24) is 25.3 Å². The summed E-state index contributed by atoms with van der Waals surface area (Å²) in [7, 11) is 0. The third kappa shape index (κ3) is 4.35. The lowest BCUT2D eigenvalue weighted by Crippen LogP contribution is -2.36. The van der Waals surface area contributed by atoms with Gasteiger partial charge in [-0.1, -0.05) is 0 Å². The molecule has 2 N–H and O–H groups in total. The number of H-pyrrole nitrogens is 1. The van der Waals surface area contributed by atoms with Crippen molar-refractivity contribution < 1.29 is 18.4 Å². The highest BCUT2D eigenvalue weighted by Gasteiger charge is 2.16. The molecular formula is C19H16F2N6O2. The van der Waals surface area contributed by atoms with E-state index in [-0.39, 0.29) is 28.8 Å². The van der Waals surface area contributed by atoms with Crippen molar-refractivity contribution in [3.8, 4) is 17.3 Å². The van der Waals surface area contributed by atoms with E-state index >= 15 is 0 Å². The lowest BCUT2D eigenvalue weighted by atomic mass is 10.1. The van der Waals surface area contributed by atoms with Gasteiger partial charge in [0, 0.05) is 24.7 Å². The van der Waals surface area contributed by atoms with Crippen LogP contribution in [0, 0.1) is 23.0 Å². The van der Waals surface area contributed by atoms with Crippen molar-refractivity contribution in [2.75, 3.05) is 0 Å². The molecule has 0 bridgehead atoms. The van der Waals surface area contributed by atoms with Crippen molar-refractivity contribution in [3.63, 3.8) is 0 Å². The van der Waals surface area contributed by atoms with Gasteiger partial charge in [-0.15, -0.1) is 0 Å². The standard InChI is InChI=1S/C19H16F2N6O2/c1-10(23-19(29)18-7-17(11(2)28)24-25-18)9-27-4-3-16(26-27)12-5-14(20)13(8-22)15(21)6-12/h3-7,10H,9H2,1-2H3,(H,23,29)(H,24,25)/t10-/m1/s1. The molecule has 0 radical (unpaired) electrons. The van der Waals surface area contributed by atoms with Gasteiger partial charge in [-0.3, -0.25) is 19.4 Å². The maximum Gasteiger partial charge on any atom is 0.269 e. The lowest BCUT2D eigenvalue weighted by Gasteiger charge is -2.13. The quantitative estimate of drug-likeness (QED) is 0.619. The molecule has 0 unspecified atom stereocenters. The molecule has 0 saturated carbocycles. The van der Waals surface area contributed by atoms with E-state index in [4.69, 9.17) is 5.26 Å². The van der Waals surface area contributed by atoms with Crippen molar-refractivity contribution in [2.45, 2.75) is 26.4 Å². The number of nitriles is 1. The van der Waals surface area contributed by atoms with Crippen LogP contribution in [-0.2, 0) is 6.54 Å². The Morgan fingerprint density at radius 2 is 2.00 bits per heavy atom. The van der Waals surface area contributed by atoms with Crippen LogP contribution in [-0.4, -0.2) is 37.7 Å². The maximum atomic E-state index is 13.8. The molecular weight excluding hydrogens is 382 g/mol. The highest BCUT2D eigenvalue weighted by atomic mass is 19.1. The first-order chi connectivity index (χ1) is 13.8. The third-order valence-electron chi connectivity index (χ3n) is 4.11. The molecule has 10 heteroatoms. The number of carbonyl (C=O) groups is 2. The minimum absolute atomic E-state index is 0.159. The number of nitrogens with one attached hydrogen (secondary N) is 2. The van der Waals surface area contributed by atoms with Crippen LogP contribution in [0.15, 0.2) is 30.5 Å². The number of rotatable bonds is 6. The number of amides is 1. The van der Waals surface area contributed by atoms with E-state index in [1.165, 1.54) is 23.7 Å². The molecule has 0 spiro atoms. The van der Waals surface area contributed by atoms with Crippen molar-refractivity contribution in [2.24, 2.45) is 0 Å². The first-order valence-electron chi connectivity index (χ1n) is 8.58. The van der Waals surface area contributed by atoms with Gasteiger partial charge in [0.1, 0.15) is 34.7 Å². The van der Waals surface area contributed by atoms with Crippen molar-refractivity contribution in [3.05, 3.63) is 59.0 Å². The van der Waals surface area contributed by atoms with Gasteiger partial charge in [0.25, 0.3) is 5.91 Å². The van der Waals surface area contributed by atoms with Crippen LogP contribution in [0.5, 0.6) is 0 Å². The SMILES string of the molecule is CC(=O)c1cc(C(=O)N[C@H](C)Cn2ccc(-c3cc(F)c(C#N)c(F)c3)n2)[nH]n1. The second-order valence-corrected chi connectivity index (χ2v) is 6.45. The van der Waals surface area contributed by atoms with Crippen LogP contribution < -0.4 is 5.32 Å². The van der Waals surface area contributed by atoms with Gasteiger partial charge in [0.05, 0.1) is 12.2 Å². The summed E-state index contributed by atoms with van der Waals surface area (Å²) in [5, 5.41) is 22.0. The number of halogens is 2. The Hall–Kier alpha value is -3.87. The highest BCUT2D eigenvalue weighted by molar-refractivity contribution is 5.97. The first kappa shape index (κ1) is 19.9. The molecule has 0 aliphatic heterocycles. The van der Waals surface area contributed by atoms with Gasteiger partial charge >= 0.3 is 0 Å². The summed E-state index contributed by atoms with van der Waals surface area (Å²) in [6, 6.07) is 6.16. The molecule has 0 aliphatic carbocycles. The van der Waals surface area contributed by atoms with Crippen LogP contribution in [0.1, 0.15) is 40.4 Å². The van der Waals surface area contributed by atoms with E-state index in [1.54, 1.807) is 19.2 Å². The average Bonchev–Trinajstić information content (AvgIpc) is 3.31. The van der Waals surface area contributed by atoms with Crippen LogP contribution in [0.3, 0.4) is 0 Å². The summed E-state index contributed by atoms with van der Waals surface area (Å²) < 4.78 is 29.1. The van der Waals surface area contributed by atoms with Gasteiger partial charge in [0.2, 0.25) is 0 Å². The first-order valence-corrected chi connectivity index (χ1v) is 8.58. The Balaban J connectivity index is 1.67. The number of carbonyl (C=O) groups excluding carboxylic acids is 2. The number of nitrogens with zero attached hydrogens (tertiary/aromatic N) is 4. The Morgan fingerprint density at radius 3 is 2.59 bits per heavy atom. The fourth-order valence-corrected chi connectivity index (χ4v) is 2.69. The van der Waals surface area contributed by atoms with Crippen LogP contribution in [0.4, 0.5) is 8.78 Å². The van der Waals surface area contributed by atoms with Gasteiger partial charge in [-0.2, -0.15) is 15.5 Å². The lowest BCUT2D eigenvalue weighted by molar-refractivity contribution is 0.0930. The van der Waals surface area contributed by atoms with Crippen LogP contribution >= 0.6 is 0 Å². The molecule has 2 heterocycles. The molecule has 1 amide bonds. The Morgan fingerprint density at radius 1 is 1.31 bits per heavy atom. The zero-order valence-electron chi connectivity index (χ0n) is 15.5. The molecule has 3 aromatic rings. The Labute approximate surface area is 164 Å². The number of ketones is 1. The molecule has 0 aliphatic rings. The molecule has 148 valence electrons.